The molecule has 1 saturated heterocycles. The van der Waals surface area contributed by atoms with Gasteiger partial charge in [0.1, 0.15) is 9.39 Å². The third kappa shape index (κ3) is 3.01. The molecule has 7 heteroatoms. The van der Waals surface area contributed by atoms with Crippen LogP contribution in [0, 0.1) is 3.57 Å². The van der Waals surface area contributed by atoms with Crippen LogP contribution >= 0.6 is 22.6 Å². The lowest BCUT2D eigenvalue weighted by molar-refractivity contribution is -0.0573. The summed E-state index contributed by atoms with van der Waals surface area (Å²) in [7, 11) is 1.83. The molecule has 0 aromatic carbocycles. The van der Waals surface area contributed by atoms with Gasteiger partial charge in [0, 0.05) is 39.6 Å². The highest BCUT2D eigenvalue weighted by Gasteiger charge is 2.32. The summed E-state index contributed by atoms with van der Waals surface area (Å²) in [5.41, 5.74) is -0.924. The van der Waals surface area contributed by atoms with Crippen LogP contribution in [0.25, 0.3) is 0 Å². The summed E-state index contributed by atoms with van der Waals surface area (Å²) in [6.45, 7) is 1.59. The number of hydrogen-bond donors (Lipinski definition) is 2. The number of hydrogen-bond acceptors (Lipinski definition) is 5. The van der Waals surface area contributed by atoms with E-state index in [2.05, 4.69) is 9.97 Å². The molecule has 0 bridgehead atoms. The van der Waals surface area contributed by atoms with E-state index in [1.54, 1.807) is 0 Å². The lowest BCUT2D eigenvalue weighted by atomic mass is 9.94. The first-order valence-electron chi connectivity index (χ1n) is 5.76. The summed E-state index contributed by atoms with van der Waals surface area (Å²) in [4.78, 5) is 20.0. The number of aromatic nitrogens is 2. The van der Waals surface area contributed by atoms with E-state index in [4.69, 9.17) is 4.74 Å². The number of rotatable bonds is 3. The second-order valence-electron chi connectivity index (χ2n) is 4.56. The zero-order valence-corrected chi connectivity index (χ0v) is 12.3. The second-order valence-corrected chi connectivity index (χ2v) is 5.64. The van der Waals surface area contributed by atoms with Crippen LogP contribution in [0.2, 0.25) is 0 Å². The molecule has 0 radical (unpaired) electrons. The number of anilines is 1. The lowest BCUT2D eigenvalue weighted by Crippen LogP contribution is -2.46. The summed E-state index contributed by atoms with van der Waals surface area (Å²) in [6.07, 6.45) is 2.60. The highest BCUT2D eigenvalue weighted by atomic mass is 127. The number of aliphatic hydroxyl groups is 1. The fourth-order valence-electron chi connectivity index (χ4n) is 2.07. The van der Waals surface area contributed by atoms with Crippen molar-refractivity contribution < 1.29 is 9.84 Å². The van der Waals surface area contributed by atoms with Gasteiger partial charge in [0.25, 0.3) is 5.56 Å². The van der Waals surface area contributed by atoms with Gasteiger partial charge in [0.2, 0.25) is 0 Å². The van der Waals surface area contributed by atoms with Crippen LogP contribution in [-0.4, -0.2) is 47.5 Å². The Bertz CT molecular complexity index is 471. The predicted molar refractivity (Wildman–Crippen MR) is 75.8 cm³/mol. The summed E-state index contributed by atoms with van der Waals surface area (Å²) in [5.74, 6) is 0.597. The molecule has 1 aliphatic heterocycles. The molecule has 0 saturated carbocycles. The van der Waals surface area contributed by atoms with Crippen LogP contribution in [0.5, 0.6) is 0 Å². The van der Waals surface area contributed by atoms with Crippen LogP contribution in [0.1, 0.15) is 12.8 Å². The Morgan fingerprint density at radius 2 is 2.28 bits per heavy atom. The molecule has 6 nitrogen and oxygen atoms in total. The van der Waals surface area contributed by atoms with Crippen molar-refractivity contribution in [1.29, 1.82) is 0 Å². The summed E-state index contributed by atoms with van der Waals surface area (Å²) >= 11 is 1.96. The summed E-state index contributed by atoms with van der Waals surface area (Å²) in [5, 5.41) is 10.4. The van der Waals surface area contributed by atoms with E-state index in [9.17, 15) is 9.90 Å². The zero-order chi connectivity index (χ0) is 13.2. The van der Waals surface area contributed by atoms with Crippen molar-refractivity contribution in [2.75, 3.05) is 31.7 Å². The Balaban J connectivity index is 2.14. The molecule has 0 aliphatic carbocycles. The average Bonchev–Trinajstić information content (AvgIpc) is 2.33. The van der Waals surface area contributed by atoms with Crippen LogP contribution in [0.3, 0.4) is 0 Å². The van der Waals surface area contributed by atoms with Crippen molar-refractivity contribution in [1.82, 2.24) is 9.97 Å². The van der Waals surface area contributed by atoms with Gasteiger partial charge in [-0.25, -0.2) is 4.98 Å². The molecule has 1 fully saturated rings. The van der Waals surface area contributed by atoms with Crippen LogP contribution in [-0.2, 0) is 4.74 Å². The zero-order valence-electron chi connectivity index (χ0n) is 10.1. The number of likely N-dealkylation sites (N-methyl/N-ethyl adjacent to an activating group) is 1. The third-order valence-electron chi connectivity index (χ3n) is 3.09. The standard InChI is InChI=1S/C11H16IN3O3/c1-15(6-11(17)2-4-18-5-3-11)9-8(12)10(16)14-7-13-9/h7,17H,2-6H2,1H3,(H,13,14,16). The number of nitrogens with zero attached hydrogens (tertiary/aromatic N) is 2. The number of halogens is 1. The van der Waals surface area contributed by atoms with Crippen molar-refractivity contribution in [2.45, 2.75) is 18.4 Å². The molecule has 0 unspecified atom stereocenters. The highest BCUT2D eigenvalue weighted by molar-refractivity contribution is 14.1. The lowest BCUT2D eigenvalue weighted by Gasteiger charge is -2.35. The van der Waals surface area contributed by atoms with Crippen molar-refractivity contribution in [3.63, 3.8) is 0 Å². The van der Waals surface area contributed by atoms with Gasteiger partial charge in [0.05, 0.1) is 11.9 Å². The molecule has 100 valence electrons. The number of H-pyrrole nitrogens is 1. The van der Waals surface area contributed by atoms with Crippen molar-refractivity contribution in [3.05, 3.63) is 20.3 Å². The third-order valence-corrected chi connectivity index (χ3v) is 4.07. The molecule has 0 atom stereocenters. The maximum atomic E-state index is 11.5. The molecule has 1 aromatic heterocycles. The Kier molecular flexibility index (Phi) is 4.23. The first kappa shape index (κ1) is 13.8. The SMILES string of the molecule is CN(CC1(O)CCOCC1)c1nc[nH]c(=O)c1I. The Morgan fingerprint density at radius 3 is 2.94 bits per heavy atom. The van der Waals surface area contributed by atoms with Gasteiger partial charge in [-0.3, -0.25) is 4.79 Å². The molecule has 0 spiro atoms. The summed E-state index contributed by atoms with van der Waals surface area (Å²) < 4.78 is 5.78. The molecule has 2 N–H and O–H groups in total. The smallest absolute Gasteiger partial charge is 0.266 e. The van der Waals surface area contributed by atoms with Crippen molar-refractivity contribution in [2.24, 2.45) is 0 Å². The van der Waals surface area contributed by atoms with Gasteiger partial charge in [-0.05, 0) is 22.6 Å². The van der Waals surface area contributed by atoms with E-state index in [0.29, 0.717) is 42.0 Å². The molecule has 1 aromatic rings. The van der Waals surface area contributed by atoms with Gasteiger partial charge >= 0.3 is 0 Å². The molecular weight excluding hydrogens is 349 g/mol. The minimum Gasteiger partial charge on any atom is -0.388 e. The maximum absolute atomic E-state index is 11.5. The molecule has 18 heavy (non-hydrogen) atoms. The van der Waals surface area contributed by atoms with Crippen molar-refractivity contribution in [3.8, 4) is 0 Å². The highest BCUT2D eigenvalue weighted by Crippen LogP contribution is 2.24. The maximum Gasteiger partial charge on any atom is 0.266 e. The minimum absolute atomic E-state index is 0.161. The van der Waals surface area contributed by atoms with Crippen LogP contribution in [0.15, 0.2) is 11.1 Å². The van der Waals surface area contributed by atoms with Crippen LogP contribution in [0.4, 0.5) is 5.82 Å². The topological polar surface area (TPSA) is 78.5 Å². The van der Waals surface area contributed by atoms with Gasteiger partial charge in [-0.1, -0.05) is 0 Å². The van der Waals surface area contributed by atoms with Gasteiger partial charge < -0.3 is 19.7 Å². The molecule has 0 amide bonds. The van der Waals surface area contributed by atoms with E-state index in [1.165, 1.54) is 6.33 Å². The largest absolute Gasteiger partial charge is 0.388 e. The molecular formula is C11H16IN3O3. The van der Waals surface area contributed by atoms with Crippen LogP contribution < -0.4 is 10.5 Å². The first-order chi connectivity index (χ1) is 8.52. The van der Waals surface area contributed by atoms with Gasteiger partial charge in [-0.15, -0.1) is 0 Å². The molecule has 2 heterocycles. The quantitative estimate of drug-likeness (QED) is 0.756. The fraction of sp³-hybridized carbons (Fsp3) is 0.636. The van der Waals surface area contributed by atoms with Gasteiger partial charge in [-0.2, -0.15) is 0 Å². The van der Waals surface area contributed by atoms with E-state index in [1.807, 2.05) is 34.5 Å². The number of nitrogens with one attached hydrogen (secondary N) is 1. The average molecular weight is 365 g/mol. The van der Waals surface area contributed by atoms with Crippen molar-refractivity contribution >= 4 is 28.4 Å². The van der Waals surface area contributed by atoms with Gasteiger partial charge in [0.15, 0.2) is 0 Å². The number of ether oxygens (including phenoxy) is 1. The Morgan fingerprint density at radius 1 is 1.61 bits per heavy atom. The molecule has 2 rings (SSSR count). The fourth-order valence-corrected chi connectivity index (χ4v) is 2.77. The normalized spacial score (nSPS) is 18.6. The Labute approximate surface area is 119 Å². The van der Waals surface area contributed by atoms with E-state index in [-0.39, 0.29) is 5.56 Å². The minimum atomic E-state index is -0.764. The van der Waals surface area contributed by atoms with E-state index in [0.717, 1.165) is 0 Å². The second kappa shape index (κ2) is 5.54. The monoisotopic (exact) mass is 365 g/mol. The van der Waals surface area contributed by atoms with E-state index < -0.39 is 5.60 Å². The first-order valence-corrected chi connectivity index (χ1v) is 6.84. The molecule has 1 aliphatic rings. The number of aromatic amines is 1. The Hall–Kier alpha value is -0.670. The van der Waals surface area contributed by atoms with E-state index >= 15 is 0 Å². The summed E-state index contributed by atoms with van der Waals surface area (Å²) in [6, 6.07) is 0. The predicted octanol–water partition coefficient (Wildman–Crippen LogP) is 0.352.